The molecule has 0 heterocycles. The van der Waals surface area contributed by atoms with Crippen LogP contribution in [-0.2, 0) is 10.0 Å². The van der Waals surface area contributed by atoms with Crippen molar-refractivity contribution in [1.29, 1.82) is 5.26 Å². The van der Waals surface area contributed by atoms with Crippen molar-refractivity contribution in [2.75, 3.05) is 6.54 Å². The molecule has 0 radical (unpaired) electrons. The Morgan fingerprint density at radius 2 is 2.12 bits per heavy atom. The molecule has 3 unspecified atom stereocenters. The molecule has 0 amide bonds. The van der Waals surface area contributed by atoms with Gasteiger partial charge in [-0.25, -0.2) is 13.1 Å². The fraction of sp³-hybridized carbons (Fsp3) is 0.909. The second-order valence-corrected chi connectivity index (χ2v) is 6.47. The van der Waals surface area contributed by atoms with Crippen molar-refractivity contribution in [3.05, 3.63) is 0 Å². The van der Waals surface area contributed by atoms with Crippen LogP contribution in [0.25, 0.3) is 0 Å². The van der Waals surface area contributed by atoms with Crippen LogP contribution in [-0.4, -0.2) is 26.3 Å². The molecular weight excluding hydrogens is 238 g/mol. The van der Waals surface area contributed by atoms with Crippen LogP contribution in [0.5, 0.6) is 0 Å². The summed E-state index contributed by atoms with van der Waals surface area (Å²) in [5.41, 5.74) is 5.65. The van der Waals surface area contributed by atoms with Crippen LogP contribution >= 0.6 is 0 Å². The lowest BCUT2D eigenvalue weighted by molar-refractivity contribution is 0.295. The normalized spacial score (nSPS) is 27.4. The summed E-state index contributed by atoms with van der Waals surface area (Å²) < 4.78 is 26.6. The van der Waals surface area contributed by atoms with E-state index in [1.807, 2.05) is 6.07 Å². The van der Waals surface area contributed by atoms with E-state index in [9.17, 15) is 8.42 Å². The molecule has 17 heavy (non-hydrogen) atoms. The van der Waals surface area contributed by atoms with Gasteiger partial charge in [0.25, 0.3) is 0 Å². The minimum Gasteiger partial charge on any atom is -0.330 e. The molecule has 3 N–H and O–H groups in total. The SMILES string of the molecule is CCC(C#N)S(=O)(=O)NC1CCCCC1CN. The number of nitrogens with two attached hydrogens (primary N) is 1. The van der Waals surface area contributed by atoms with Gasteiger partial charge in [-0.3, -0.25) is 0 Å². The van der Waals surface area contributed by atoms with Gasteiger partial charge in [-0.1, -0.05) is 19.8 Å². The smallest absolute Gasteiger partial charge is 0.228 e. The van der Waals surface area contributed by atoms with Crippen LogP contribution < -0.4 is 10.5 Å². The van der Waals surface area contributed by atoms with Gasteiger partial charge in [-0.05, 0) is 31.7 Å². The number of hydrogen-bond acceptors (Lipinski definition) is 4. The Bertz CT molecular complexity index is 375. The first kappa shape index (κ1) is 14.4. The van der Waals surface area contributed by atoms with Gasteiger partial charge in [0.15, 0.2) is 5.25 Å². The van der Waals surface area contributed by atoms with Gasteiger partial charge in [0.1, 0.15) is 0 Å². The van der Waals surface area contributed by atoms with Gasteiger partial charge in [-0.2, -0.15) is 5.26 Å². The van der Waals surface area contributed by atoms with Crippen molar-refractivity contribution in [2.24, 2.45) is 11.7 Å². The second kappa shape index (κ2) is 6.34. The Kier molecular flexibility index (Phi) is 5.37. The van der Waals surface area contributed by atoms with Crippen LogP contribution in [0.15, 0.2) is 0 Å². The van der Waals surface area contributed by atoms with E-state index in [0.717, 1.165) is 25.7 Å². The maximum absolute atomic E-state index is 11.9. The number of rotatable bonds is 5. The lowest BCUT2D eigenvalue weighted by Crippen LogP contribution is -2.47. The highest BCUT2D eigenvalue weighted by Crippen LogP contribution is 2.24. The van der Waals surface area contributed by atoms with E-state index in [1.165, 1.54) is 0 Å². The lowest BCUT2D eigenvalue weighted by Gasteiger charge is -2.31. The van der Waals surface area contributed by atoms with Gasteiger partial charge < -0.3 is 5.73 Å². The van der Waals surface area contributed by atoms with E-state index in [1.54, 1.807) is 6.92 Å². The summed E-state index contributed by atoms with van der Waals surface area (Å²) in [6.45, 7) is 2.20. The standard InChI is InChI=1S/C11H21N3O2S/c1-2-10(8-13)17(15,16)14-11-6-4-3-5-9(11)7-12/h9-11,14H,2-7,12H2,1H3. The lowest BCUT2D eigenvalue weighted by atomic mass is 9.85. The van der Waals surface area contributed by atoms with E-state index in [0.29, 0.717) is 13.0 Å². The minimum absolute atomic E-state index is 0.0962. The van der Waals surface area contributed by atoms with Crippen molar-refractivity contribution in [2.45, 2.75) is 50.3 Å². The number of nitrogens with one attached hydrogen (secondary N) is 1. The first-order chi connectivity index (χ1) is 8.05. The molecule has 0 bridgehead atoms. The Balaban J connectivity index is 2.72. The molecule has 3 atom stereocenters. The predicted octanol–water partition coefficient (Wildman–Crippen LogP) is 0.725. The Labute approximate surface area is 103 Å². The van der Waals surface area contributed by atoms with E-state index in [2.05, 4.69) is 4.72 Å². The molecule has 0 aromatic heterocycles. The second-order valence-electron chi connectivity index (χ2n) is 4.58. The van der Waals surface area contributed by atoms with E-state index in [-0.39, 0.29) is 12.0 Å². The molecule has 0 aliphatic heterocycles. The molecule has 1 rings (SSSR count). The minimum atomic E-state index is -3.53. The van der Waals surface area contributed by atoms with Crippen molar-refractivity contribution in [1.82, 2.24) is 4.72 Å². The van der Waals surface area contributed by atoms with Gasteiger partial charge in [0.05, 0.1) is 6.07 Å². The molecule has 1 fully saturated rings. The predicted molar refractivity (Wildman–Crippen MR) is 66.5 cm³/mol. The van der Waals surface area contributed by atoms with Crippen molar-refractivity contribution < 1.29 is 8.42 Å². The summed E-state index contributed by atoms with van der Waals surface area (Å²) in [5, 5.41) is 7.86. The topological polar surface area (TPSA) is 96.0 Å². The summed E-state index contributed by atoms with van der Waals surface area (Å²) in [6.07, 6.45) is 4.23. The van der Waals surface area contributed by atoms with Crippen LogP contribution in [0, 0.1) is 17.2 Å². The summed E-state index contributed by atoms with van der Waals surface area (Å²) in [7, 11) is -3.53. The molecule has 6 heteroatoms. The van der Waals surface area contributed by atoms with E-state index >= 15 is 0 Å². The zero-order chi connectivity index (χ0) is 12.9. The van der Waals surface area contributed by atoms with Crippen molar-refractivity contribution in [3.8, 4) is 6.07 Å². The van der Waals surface area contributed by atoms with Gasteiger partial charge >= 0.3 is 0 Å². The van der Waals surface area contributed by atoms with Gasteiger partial charge in [0.2, 0.25) is 10.0 Å². The fourth-order valence-electron chi connectivity index (χ4n) is 2.32. The highest BCUT2D eigenvalue weighted by molar-refractivity contribution is 7.90. The third-order valence-corrected chi connectivity index (χ3v) is 5.24. The first-order valence-corrected chi connectivity index (χ1v) is 7.70. The summed E-state index contributed by atoms with van der Waals surface area (Å²) in [6, 6.07) is 1.74. The molecule has 0 spiro atoms. The maximum Gasteiger partial charge on any atom is 0.228 e. The van der Waals surface area contributed by atoms with E-state index in [4.69, 9.17) is 11.0 Å². The average molecular weight is 259 g/mol. The van der Waals surface area contributed by atoms with Crippen LogP contribution in [0.2, 0.25) is 0 Å². The number of sulfonamides is 1. The number of nitrogens with zero attached hydrogens (tertiary/aromatic N) is 1. The third kappa shape index (κ3) is 3.66. The zero-order valence-corrected chi connectivity index (χ0v) is 11.0. The summed E-state index contributed by atoms with van der Waals surface area (Å²) in [4.78, 5) is 0. The molecule has 1 aliphatic carbocycles. The molecule has 1 saturated carbocycles. The molecule has 0 aromatic rings. The monoisotopic (exact) mass is 259 g/mol. The van der Waals surface area contributed by atoms with Crippen LogP contribution in [0.4, 0.5) is 0 Å². The van der Waals surface area contributed by atoms with Gasteiger partial charge in [-0.15, -0.1) is 0 Å². The zero-order valence-electron chi connectivity index (χ0n) is 10.2. The largest absolute Gasteiger partial charge is 0.330 e. The van der Waals surface area contributed by atoms with Crippen LogP contribution in [0.1, 0.15) is 39.0 Å². The Morgan fingerprint density at radius 1 is 1.47 bits per heavy atom. The third-order valence-electron chi connectivity index (χ3n) is 3.42. The van der Waals surface area contributed by atoms with E-state index < -0.39 is 15.3 Å². The highest BCUT2D eigenvalue weighted by Gasteiger charge is 2.31. The summed E-state index contributed by atoms with van der Waals surface area (Å²) >= 11 is 0. The molecule has 0 saturated heterocycles. The fourth-order valence-corrected chi connectivity index (χ4v) is 3.79. The molecule has 98 valence electrons. The van der Waals surface area contributed by atoms with Crippen molar-refractivity contribution in [3.63, 3.8) is 0 Å². The number of hydrogen-bond donors (Lipinski definition) is 2. The maximum atomic E-state index is 11.9. The molecular formula is C11H21N3O2S. The average Bonchev–Trinajstić information content (AvgIpc) is 2.30. The Hall–Kier alpha value is -0.640. The molecule has 5 nitrogen and oxygen atoms in total. The van der Waals surface area contributed by atoms with Gasteiger partial charge in [0, 0.05) is 6.04 Å². The molecule has 1 aliphatic rings. The van der Waals surface area contributed by atoms with Crippen molar-refractivity contribution >= 4 is 10.0 Å². The number of nitriles is 1. The first-order valence-electron chi connectivity index (χ1n) is 6.16. The molecule has 0 aromatic carbocycles. The van der Waals surface area contributed by atoms with Crippen LogP contribution in [0.3, 0.4) is 0 Å². The summed E-state index contributed by atoms with van der Waals surface area (Å²) in [5.74, 6) is 0.203. The Morgan fingerprint density at radius 3 is 2.65 bits per heavy atom. The quantitative estimate of drug-likeness (QED) is 0.760. The highest BCUT2D eigenvalue weighted by atomic mass is 32.2.